The van der Waals surface area contributed by atoms with Crippen molar-refractivity contribution in [2.75, 3.05) is 6.61 Å². The highest BCUT2D eigenvalue weighted by Gasteiger charge is 2.36. The summed E-state index contributed by atoms with van der Waals surface area (Å²) in [7, 11) is 0. The average Bonchev–Trinajstić information content (AvgIpc) is 2.31. The summed E-state index contributed by atoms with van der Waals surface area (Å²) < 4.78 is 10.6. The van der Waals surface area contributed by atoms with Crippen molar-refractivity contribution in [2.45, 2.75) is 38.3 Å². The minimum atomic E-state index is -0.746. The van der Waals surface area contributed by atoms with E-state index in [4.69, 9.17) is 9.47 Å². The summed E-state index contributed by atoms with van der Waals surface area (Å²) in [5.41, 5.74) is 0. The van der Waals surface area contributed by atoms with Crippen LogP contribution in [0.4, 0.5) is 0 Å². The summed E-state index contributed by atoms with van der Waals surface area (Å²) in [4.78, 5) is 10.1. The van der Waals surface area contributed by atoms with E-state index in [0.717, 1.165) is 0 Å². The second-order valence-corrected chi connectivity index (χ2v) is 3.34. The van der Waals surface area contributed by atoms with Gasteiger partial charge in [0.25, 0.3) is 0 Å². The second kappa shape index (κ2) is 3.51. The molecule has 1 N–H and O–H groups in total. The summed E-state index contributed by atoms with van der Waals surface area (Å²) >= 11 is 0. The Balaban J connectivity index is 2.40. The van der Waals surface area contributed by atoms with Crippen molar-refractivity contribution >= 4 is 6.29 Å². The maximum atomic E-state index is 10.1. The zero-order chi connectivity index (χ0) is 9.19. The van der Waals surface area contributed by atoms with Crippen LogP contribution in [0.5, 0.6) is 0 Å². The highest BCUT2D eigenvalue weighted by Crippen LogP contribution is 2.24. The molecule has 0 amide bonds. The van der Waals surface area contributed by atoms with E-state index in [1.54, 1.807) is 13.8 Å². The minimum Gasteiger partial charge on any atom is -0.390 e. The first-order valence-corrected chi connectivity index (χ1v) is 3.98. The number of aldehydes is 1. The Kier molecular flexibility index (Phi) is 2.82. The molecular weight excluding hydrogens is 160 g/mol. The first-order valence-electron chi connectivity index (χ1n) is 3.98. The molecule has 0 radical (unpaired) electrons. The third-order valence-electron chi connectivity index (χ3n) is 1.80. The molecule has 0 spiro atoms. The molecule has 1 rings (SSSR count). The molecule has 1 saturated heterocycles. The number of aliphatic hydroxyl groups excluding tert-OH is 1. The zero-order valence-electron chi connectivity index (χ0n) is 7.32. The molecule has 4 heteroatoms. The molecule has 4 nitrogen and oxygen atoms in total. The highest BCUT2D eigenvalue weighted by molar-refractivity contribution is 5.50. The smallest absolute Gasteiger partial charge is 0.163 e. The lowest BCUT2D eigenvalue weighted by atomic mass is 10.2. The van der Waals surface area contributed by atoms with Crippen molar-refractivity contribution in [3.8, 4) is 0 Å². The Morgan fingerprint density at radius 3 is 2.83 bits per heavy atom. The van der Waals surface area contributed by atoms with Gasteiger partial charge in [-0.15, -0.1) is 0 Å². The van der Waals surface area contributed by atoms with Crippen molar-refractivity contribution in [3.05, 3.63) is 0 Å². The van der Waals surface area contributed by atoms with Crippen LogP contribution in [0.3, 0.4) is 0 Å². The lowest BCUT2D eigenvalue weighted by molar-refractivity contribution is -0.152. The first kappa shape index (κ1) is 9.64. The molecule has 2 atom stereocenters. The monoisotopic (exact) mass is 174 g/mol. The van der Waals surface area contributed by atoms with Gasteiger partial charge in [0.15, 0.2) is 5.79 Å². The van der Waals surface area contributed by atoms with Crippen LogP contribution in [0.15, 0.2) is 0 Å². The molecule has 1 unspecified atom stereocenters. The van der Waals surface area contributed by atoms with Gasteiger partial charge < -0.3 is 19.4 Å². The van der Waals surface area contributed by atoms with Crippen LogP contribution in [-0.4, -0.2) is 36.0 Å². The van der Waals surface area contributed by atoms with Crippen molar-refractivity contribution in [1.29, 1.82) is 0 Å². The molecule has 1 aliphatic heterocycles. The highest BCUT2D eigenvalue weighted by atomic mass is 16.7. The van der Waals surface area contributed by atoms with Crippen LogP contribution >= 0.6 is 0 Å². The summed E-state index contributed by atoms with van der Waals surface area (Å²) in [5.74, 6) is -0.630. The maximum Gasteiger partial charge on any atom is 0.163 e. The molecule has 0 aromatic rings. The van der Waals surface area contributed by atoms with E-state index in [9.17, 15) is 9.90 Å². The van der Waals surface area contributed by atoms with Crippen LogP contribution in [0.2, 0.25) is 0 Å². The average molecular weight is 174 g/mol. The van der Waals surface area contributed by atoms with Crippen LogP contribution < -0.4 is 0 Å². The molecule has 0 saturated carbocycles. The predicted octanol–water partition coefficient (Wildman–Crippen LogP) is 0.0878. The van der Waals surface area contributed by atoms with Gasteiger partial charge in [-0.3, -0.25) is 0 Å². The van der Waals surface area contributed by atoms with Gasteiger partial charge in [0.2, 0.25) is 0 Å². The van der Waals surface area contributed by atoms with E-state index in [2.05, 4.69) is 0 Å². The van der Waals surface area contributed by atoms with Crippen LogP contribution in [0, 0.1) is 0 Å². The predicted molar refractivity (Wildman–Crippen MR) is 41.6 cm³/mol. The van der Waals surface area contributed by atoms with Crippen LogP contribution in [-0.2, 0) is 14.3 Å². The second-order valence-electron chi connectivity index (χ2n) is 3.34. The lowest BCUT2D eigenvalue weighted by Gasteiger charge is -2.19. The third-order valence-corrected chi connectivity index (χ3v) is 1.80. The van der Waals surface area contributed by atoms with Gasteiger partial charge in [-0.25, -0.2) is 0 Å². The van der Waals surface area contributed by atoms with Gasteiger partial charge in [-0.05, 0) is 13.8 Å². The van der Waals surface area contributed by atoms with Crippen molar-refractivity contribution in [1.82, 2.24) is 0 Å². The number of hydrogen-bond acceptors (Lipinski definition) is 4. The SMILES string of the molecule is CC1(C)OC[C@H](C(O)CC=O)O1. The van der Waals surface area contributed by atoms with E-state index >= 15 is 0 Å². The first-order chi connectivity index (χ1) is 5.55. The van der Waals surface area contributed by atoms with Gasteiger partial charge in [-0.2, -0.15) is 0 Å². The van der Waals surface area contributed by atoms with Gasteiger partial charge >= 0.3 is 0 Å². The molecule has 1 fully saturated rings. The normalized spacial score (nSPS) is 30.1. The molecule has 0 aromatic heterocycles. The fraction of sp³-hybridized carbons (Fsp3) is 0.875. The minimum absolute atomic E-state index is 0.101. The van der Waals surface area contributed by atoms with Gasteiger partial charge in [-0.1, -0.05) is 0 Å². The summed E-state index contributed by atoms with van der Waals surface area (Å²) in [6.07, 6.45) is -0.335. The van der Waals surface area contributed by atoms with Gasteiger partial charge in [0, 0.05) is 6.42 Å². The van der Waals surface area contributed by atoms with E-state index in [1.807, 2.05) is 0 Å². The molecule has 70 valence electrons. The molecule has 1 heterocycles. The molecule has 0 bridgehead atoms. The standard InChI is InChI=1S/C8H14O4/c1-8(2)11-5-7(12-8)6(10)3-4-9/h4,6-7,10H,3,5H2,1-2H3/t6?,7-/m1/s1. The molecular formula is C8H14O4. The fourth-order valence-corrected chi connectivity index (χ4v) is 1.16. The Labute approximate surface area is 71.5 Å². The Bertz CT molecular complexity index is 166. The van der Waals surface area contributed by atoms with Gasteiger partial charge in [0.05, 0.1) is 12.7 Å². The zero-order valence-corrected chi connectivity index (χ0v) is 7.32. The summed E-state index contributed by atoms with van der Waals surface area (Å²) in [6.45, 7) is 3.91. The number of ether oxygens (including phenoxy) is 2. The molecule has 0 aliphatic carbocycles. The number of aliphatic hydroxyl groups is 1. The maximum absolute atomic E-state index is 10.1. The van der Waals surface area contributed by atoms with E-state index in [1.165, 1.54) is 0 Å². The fourth-order valence-electron chi connectivity index (χ4n) is 1.16. The molecule has 1 aliphatic rings. The quantitative estimate of drug-likeness (QED) is 0.616. The van der Waals surface area contributed by atoms with Crippen LogP contribution in [0.1, 0.15) is 20.3 Å². The van der Waals surface area contributed by atoms with E-state index < -0.39 is 11.9 Å². The topological polar surface area (TPSA) is 55.8 Å². The van der Waals surface area contributed by atoms with E-state index in [0.29, 0.717) is 12.9 Å². The third kappa shape index (κ3) is 2.27. The summed E-state index contributed by atoms with van der Waals surface area (Å²) in [5, 5.41) is 9.34. The number of carbonyl (C=O) groups excluding carboxylic acids is 1. The van der Waals surface area contributed by atoms with Crippen LogP contribution in [0.25, 0.3) is 0 Å². The Hall–Kier alpha value is -0.450. The lowest BCUT2D eigenvalue weighted by Crippen LogP contribution is -2.30. The van der Waals surface area contributed by atoms with Crippen molar-refractivity contribution in [2.24, 2.45) is 0 Å². The Morgan fingerprint density at radius 2 is 2.42 bits per heavy atom. The van der Waals surface area contributed by atoms with E-state index in [-0.39, 0.29) is 12.5 Å². The van der Waals surface area contributed by atoms with Gasteiger partial charge in [0.1, 0.15) is 12.4 Å². The van der Waals surface area contributed by atoms with Crippen molar-refractivity contribution < 1.29 is 19.4 Å². The van der Waals surface area contributed by atoms with Crippen molar-refractivity contribution in [3.63, 3.8) is 0 Å². The molecule has 12 heavy (non-hydrogen) atoms. The number of hydrogen-bond donors (Lipinski definition) is 1. The summed E-state index contributed by atoms with van der Waals surface area (Å²) in [6, 6.07) is 0. The molecule has 0 aromatic carbocycles. The Morgan fingerprint density at radius 1 is 1.75 bits per heavy atom. The largest absolute Gasteiger partial charge is 0.390 e. The number of rotatable bonds is 3. The number of carbonyl (C=O) groups is 1.